The quantitative estimate of drug-likeness (QED) is 0.902. The standard InChI is InChI=1S/C15H14ClN3O3S/c1-22-15(21)19-6-5-11-12(8-19)23-14(17-11)18-13(20)9-3-2-4-10(16)7-9/h2-4,7H,5-6,8H2,1H3,(H,17,18,20). The molecule has 0 unspecified atom stereocenters. The molecule has 2 amide bonds. The van der Waals surface area contributed by atoms with Gasteiger partial charge in [0.25, 0.3) is 5.91 Å². The maximum Gasteiger partial charge on any atom is 0.409 e. The van der Waals surface area contributed by atoms with Gasteiger partial charge in [-0.3, -0.25) is 10.1 Å². The number of methoxy groups -OCH3 is 1. The fourth-order valence-electron chi connectivity index (χ4n) is 2.33. The summed E-state index contributed by atoms with van der Waals surface area (Å²) in [5.74, 6) is -0.261. The van der Waals surface area contributed by atoms with Gasteiger partial charge in [-0.15, -0.1) is 0 Å². The van der Waals surface area contributed by atoms with Crippen molar-refractivity contribution in [2.75, 3.05) is 19.0 Å². The van der Waals surface area contributed by atoms with Gasteiger partial charge in [-0.1, -0.05) is 29.0 Å². The molecule has 0 saturated heterocycles. The Bertz CT molecular complexity index is 762. The lowest BCUT2D eigenvalue weighted by Crippen LogP contribution is -2.35. The van der Waals surface area contributed by atoms with Crippen molar-refractivity contribution in [3.8, 4) is 0 Å². The highest BCUT2D eigenvalue weighted by molar-refractivity contribution is 7.15. The van der Waals surface area contributed by atoms with Gasteiger partial charge in [0.05, 0.1) is 19.3 Å². The first-order chi connectivity index (χ1) is 11.1. The molecule has 1 N–H and O–H groups in total. The van der Waals surface area contributed by atoms with Gasteiger partial charge in [-0.25, -0.2) is 9.78 Å². The molecule has 0 aliphatic carbocycles. The molecule has 0 saturated carbocycles. The Morgan fingerprint density at radius 1 is 1.43 bits per heavy atom. The summed E-state index contributed by atoms with van der Waals surface area (Å²) in [7, 11) is 1.36. The highest BCUT2D eigenvalue weighted by Gasteiger charge is 2.25. The average molecular weight is 352 g/mol. The fourth-order valence-corrected chi connectivity index (χ4v) is 3.54. The first-order valence-corrected chi connectivity index (χ1v) is 8.14. The molecule has 8 heteroatoms. The fraction of sp³-hybridized carbons (Fsp3) is 0.267. The van der Waals surface area contributed by atoms with Crippen molar-refractivity contribution in [3.05, 3.63) is 45.4 Å². The zero-order chi connectivity index (χ0) is 16.4. The average Bonchev–Trinajstić information content (AvgIpc) is 2.95. The number of carbonyl (C=O) groups excluding carboxylic acids is 2. The van der Waals surface area contributed by atoms with Crippen LogP contribution < -0.4 is 5.32 Å². The van der Waals surface area contributed by atoms with Crippen molar-refractivity contribution in [2.45, 2.75) is 13.0 Å². The van der Waals surface area contributed by atoms with Crippen LogP contribution in [0, 0.1) is 0 Å². The Morgan fingerprint density at radius 3 is 3.00 bits per heavy atom. The summed E-state index contributed by atoms with van der Waals surface area (Å²) in [6.45, 7) is 1.01. The number of thiazole rings is 1. The lowest BCUT2D eigenvalue weighted by atomic mass is 10.2. The van der Waals surface area contributed by atoms with Gasteiger partial charge in [-0.05, 0) is 18.2 Å². The minimum absolute atomic E-state index is 0.261. The lowest BCUT2D eigenvalue weighted by molar-refractivity contribution is 0.102. The van der Waals surface area contributed by atoms with Gasteiger partial charge >= 0.3 is 6.09 Å². The Morgan fingerprint density at radius 2 is 2.26 bits per heavy atom. The van der Waals surface area contributed by atoms with Crippen LogP contribution in [-0.2, 0) is 17.7 Å². The van der Waals surface area contributed by atoms with Gasteiger partial charge in [0, 0.05) is 28.4 Å². The number of halogens is 1. The molecule has 0 bridgehead atoms. The Kier molecular flexibility index (Phi) is 4.49. The number of hydrogen-bond donors (Lipinski definition) is 1. The molecular formula is C15H14ClN3O3S. The highest BCUT2D eigenvalue weighted by Crippen LogP contribution is 2.29. The van der Waals surface area contributed by atoms with E-state index in [0.717, 1.165) is 10.6 Å². The van der Waals surface area contributed by atoms with Gasteiger partial charge in [0.1, 0.15) is 0 Å². The molecule has 0 radical (unpaired) electrons. The normalized spacial score (nSPS) is 13.4. The number of hydrogen-bond acceptors (Lipinski definition) is 5. The van der Waals surface area contributed by atoms with E-state index in [-0.39, 0.29) is 12.0 Å². The highest BCUT2D eigenvalue weighted by atomic mass is 35.5. The van der Waals surface area contributed by atoms with Crippen LogP contribution in [0.1, 0.15) is 20.9 Å². The summed E-state index contributed by atoms with van der Waals surface area (Å²) in [5.41, 5.74) is 1.39. The van der Waals surface area contributed by atoms with E-state index in [0.29, 0.717) is 35.2 Å². The minimum Gasteiger partial charge on any atom is -0.453 e. The molecule has 120 valence electrons. The SMILES string of the molecule is COC(=O)N1CCc2nc(NC(=O)c3cccc(Cl)c3)sc2C1. The predicted octanol–water partition coefficient (Wildman–Crippen LogP) is 3.17. The summed E-state index contributed by atoms with van der Waals surface area (Å²) in [4.78, 5) is 30.8. The van der Waals surface area contributed by atoms with Gasteiger partial charge in [0.15, 0.2) is 5.13 Å². The van der Waals surface area contributed by atoms with Crippen LogP contribution in [0.5, 0.6) is 0 Å². The summed E-state index contributed by atoms with van der Waals surface area (Å²) < 4.78 is 4.73. The number of ether oxygens (including phenoxy) is 1. The van der Waals surface area contributed by atoms with Crippen LogP contribution in [-0.4, -0.2) is 35.5 Å². The van der Waals surface area contributed by atoms with E-state index < -0.39 is 0 Å². The summed E-state index contributed by atoms with van der Waals surface area (Å²) in [5, 5.41) is 3.80. The van der Waals surface area contributed by atoms with E-state index in [4.69, 9.17) is 16.3 Å². The Labute approximate surface area is 142 Å². The molecule has 0 atom stereocenters. The molecule has 1 aromatic carbocycles. The number of nitrogens with one attached hydrogen (secondary N) is 1. The topological polar surface area (TPSA) is 71.5 Å². The third kappa shape index (κ3) is 3.46. The first-order valence-electron chi connectivity index (χ1n) is 6.95. The van der Waals surface area contributed by atoms with Crippen molar-refractivity contribution in [3.63, 3.8) is 0 Å². The van der Waals surface area contributed by atoms with E-state index in [1.165, 1.54) is 18.4 Å². The van der Waals surface area contributed by atoms with Gasteiger partial charge < -0.3 is 9.64 Å². The number of benzene rings is 1. The maximum atomic E-state index is 12.2. The molecule has 1 aliphatic heterocycles. The minimum atomic E-state index is -0.353. The molecule has 1 aliphatic rings. The molecule has 3 rings (SSSR count). The van der Waals surface area contributed by atoms with E-state index in [2.05, 4.69) is 10.3 Å². The van der Waals surface area contributed by atoms with Crippen molar-refractivity contribution < 1.29 is 14.3 Å². The second-order valence-corrected chi connectivity index (χ2v) is 6.52. The molecule has 0 fully saturated rings. The number of aromatic nitrogens is 1. The van der Waals surface area contributed by atoms with Crippen LogP contribution in [0.3, 0.4) is 0 Å². The first kappa shape index (κ1) is 15.8. The van der Waals surface area contributed by atoms with E-state index >= 15 is 0 Å². The smallest absolute Gasteiger partial charge is 0.409 e. The molecule has 23 heavy (non-hydrogen) atoms. The number of anilines is 1. The number of amides is 2. The van der Waals surface area contributed by atoms with Gasteiger partial charge in [-0.2, -0.15) is 0 Å². The monoisotopic (exact) mass is 351 g/mol. The molecule has 1 aromatic heterocycles. The molecule has 0 spiro atoms. The van der Waals surface area contributed by atoms with E-state index in [1.54, 1.807) is 29.2 Å². The second kappa shape index (κ2) is 6.55. The van der Waals surface area contributed by atoms with Crippen molar-refractivity contribution in [1.29, 1.82) is 0 Å². The van der Waals surface area contributed by atoms with E-state index in [9.17, 15) is 9.59 Å². The zero-order valence-electron chi connectivity index (χ0n) is 12.3. The summed E-state index contributed by atoms with van der Waals surface area (Å²) >= 11 is 7.26. The molecule has 2 heterocycles. The number of carbonyl (C=O) groups is 2. The van der Waals surface area contributed by atoms with Gasteiger partial charge in [0.2, 0.25) is 0 Å². The number of rotatable bonds is 2. The van der Waals surface area contributed by atoms with Crippen molar-refractivity contribution >= 4 is 40.1 Å². The largest absolute Gasteiger partial charge is 0.453 e. The lowest BCUT2D eigenvalue weighted by Gasteiger charge is -2.24. The van der Waals surface area contributed by atoms with Crippen LogP contribution in [0.25, 0.3) is 0 Å². The molecule has 6 nitrogen and oxygen atoms in total. The number of nitrogens with zero attached hydrogens (tertiary/aromatic N) is 2. The van der Waals surface area contributed by atoms with Crippen LogP contribution in [0.2, 0.25) is 5.02 Å². The maximum absolute atomic E-state index is 12.2. The number of fused-ring (bicyclic) bond motifs is 1. The van der Waals surface area contributed by atoms with Crippen molar-refractivity contribution in [2.24, 2.45) is 0 Å². The summed E-state index contributed by atoms with van der Waals surface area (Å²) in [6, 6.07) is 6.72. The van der Waals surface area contributed by atoms with Crippen LogP contribution in [0.4, 0.5) is 9.93 Å². The Hall–Kier alpha value is -2.12. The van der Waals surface area contributed by atoms with Crippen LogP contribution >= 0.6 is 22.9 Å². The molecule has 2 aromatic rings. The summed E-state index contributed by atoms with van der Waals surface area (Å²) in [6.07, 6.45) is 0.294. The van der Waals surface area contributed by atoms with E-state index in [1.807, 2.05) is 0 Å². The molecular weight excluding hydrogens is 338 g/mol. The van der Waals surface area contributed by atoms with Crippen molar-refractivity contribution in [1.82, 2.24) is 9.88 Å². The third-order valence-electron chi connectivity index (χ3n) is 3.47. The Balaban J connectivity index is 1.73. The second-order valence-electron chi connectivity index (χ2n) is 4.99. The third-order valence-corrected chi connectivity index (χ3v) is 4.70. The van der Waals surface area contributed by atoms with Crippen LogP contribution in [0.15, 0.2) is 24.3 Å². The zero-order valence-corrected chi connectivity index (χ0v) is 13.9. The predicted molar refractivity (Wildman–Crippen MR) is 88.0 cm³/mol.